The molecule has 1 saturated heterocycles. The molecule has 0 unspecified atom stereocenters. The summed E-state index contributed by atoms with van der Waals surface area (Å²) in [5.41, 5.74) is -0.152. The number of hydrogen-bond acceptors (Lipinski definition) is 3. The number of rotatable bonds is 3. The highest BCUT2D eigenvalue weighted by Gasteiger charge is 2.42. The van der Waals surface area contributed by atoms with E-state index in [2.05, 4.69) is 0 Å². The zero-order valence-electron chi connectivity index (χ0n) is 12.2. The zero-order valence-corrected chi connectivity index (χ0v) is 12.9. The van der Waals surface area contributed by atoms with Crippen LogP contribution in [0.3, 0.4) is 0 Å². The Bertz CT molecular complexity index is 586. The minimum Gasteiger partial charge on any atom is -0.489 e. The van der Waals surface area contributed by atoms with Crippen LogP contribution in [0.25, 0.3) is 0 Å². The third kappa shape index (κ3) is 2.68. The number of nitrogens with zero attached hydrogens (tertiary/aromatic N) is 2. The smallest absolute Gasteiger partial charge is 0.331 e. The van der Waals surface area contributed by atoms with Crippen LogP contribution < -0.4 is 9.64 Å². The topological polar surface area (TPSA) is 49.9 Å². The average Bonchev–Trinajstić information content (AvgIpc) is 2.58. The predicted octanol–water partition coefficient (Wildman–Crippen LogP) is 3.05. The standard InChI is InChI=1S/C14H16ClFN2O3/c1-7(2)21-12-6-11(10(16)5-9(12)15)18-13(19)8(3)17(4)14(18)20/h5-8H,1-4H3/t8-/m1/s1. The molecule has 0 bridgehead atoms. The highest BCUT2D eigenvalue weighted by Crippen LogP contribution is 2.35. The fourth-order valence-electron chi connectivity index (χ4n) is 2.03. The van der Waals surface area contributed by atoms with E-state index in [9.17, 15) is 14.0 Å². The van der Waals surface area contributed by atoms with Crippen molar-refractivity contribution in [3.05, 3.63) is 23.0 Å². The summed E-state index contributed by atoms with van der Waals surface area (Å²) in [5.74, 6) is -1.01. The number of benzene rings is 1. The summed E-state index contributed by atoms with van der Waals surface area (Å²) in [4.78, 5) is 26.3. The Kier molecular flexibility index (Phi) is 4.09. The summed E-state index contributed by atoms with van der Waals surface area (Å²) < 4.78 is 19.6. The SMILES string of the molecule is CC(C)Oc1cc(N2C(=O)[C@@H](C)N(C)C2=O)c(F)cc1Cl. The molecule has 1 aliphatic heterocycles. The normalized spacial score (nSPS) is 18.9. The van der Waals surface area contributed by atoms with E-state index in [0.29, 0.717) is 0 Å². The molecule has 3 amide bonds. The summed E-state index contributed by atoms with van der Waals surface area (Å²) in [6, 6.07) is 1.10. The Morgan fingerprint density at radius 1 is 1.33 bits per heavy atom. The van der Waals surface area contributed by atoms with Gasteiger partial charge in [-0.25, -0.2) is 14.1 Å². The number of halogens is 2. The van der Waals surface area contributed by atoms with Crippen molar-refractivity contribution in [1.82, 2.24) is 4.90 Å². The summed E-state index contributed by atoms with van der Waals surface area (Å²) >= 11 is 5.92. The quantitative estimate of drug-likeness (QED) is 0.806. The maximum Gasteiger partial charge on any atom is 0.331 e. The van der Waals surface area contributed by atoms with Crippen LogP contribution in [-0.4, -0.2) is 36.0 Å². The third-order valence-corrected chi connectivity index (χ3v) is 3.55. The number of ether oxygens (including phenoxy) is 1. The minimum atomic E-state index is -0.750. The van der Waals surface area contributed by atoms with Crippen LogP contribution in [0.2, 0.25) is 5.02 Å². The van der Waals surface area contributed by atoms with Gasteiger partial charge in [0.25, 0.3) is 5.91 Å². The van der Waals surface area contributed by atoms with Crippen LogP contribution in [0.5, 0.6) is 5.75 Å². The van der Waals surface area contributed by atoms with Crippen molar-refractivity contribution in [1.29, 1.82) is 0 Å². The Morgan fingerprint density at radius 3 is 2.43 bits per heavy atom. The van der Waals surface area contributed by atoms with Crippen LogP contribution in [0.1, 0.15) is 20.8 Å². The van der Waals surface area contributed by atoms with Gasteiger partial charge in [-0.15, -0.1) is 0 Å². The number of anilines is 1. The molecular formula is C14H16ClFN2O3. The molecule has 1 atom stereocenters. The van der Waals surface area contributed by atoms with Gasteiger partial charge in [-0.05, 0) is 26.8 Å². The largest absolute Gasteiger partial charge is 0.489 e. The fourth-order valence-corrected chi connectivity index (χ4v) is 2.22. The molecule has 1 fully saturated rings. The molecule has 0 radical (unpaired) electrons. The van der Waals surface area contributed by atoms with Crippen molar-refractivity contribution in [2.75, 3.05) is 11.9 Å². The van der Waals surface area contributed by atoms with Crippen LogP contribution >= 0.6 is 11.6 Å². The van der Waals surface area contributed by atoms with Gasteiger partial charge in [-0.3, -0.25) is 4.79 Å². The van der Waals surface area contributed by atoms with Gasteiger partial charge in [0.1, 0.15) is 17.6 Å². The molecule has 21 heavy (non-hydrogen) atoms. The first-order valence-corrected chi connectivity index (χ1v) is 6.88. The van der Waals surface area contributed by atoms with Crippen LogP contribution in [0.15, 0.2) is 12.1 Å². The van der Waals surface area contributed by atoms with Gasteiger partial charge in [0.05, 0.1) is 16.8 Å². The lowest BCUT2D eigenvalue weighted by Crippen LogP contribution is -2.32. The molecule has 1 aromatic carbocycles. The lowest BCUT2D eigenvalue weighted by molar-refractivity contribution is -0.119. The van der Waals surface area contributed by atoms with Gasteiger partial charge in [0.15, 0.2) is 0 Å². The molecule has 5 nitrogen and oxygen atoms in total. The summed E-state index contributed by atoms with van der Waals surface area (Å²) in [6.45, 7) is 5.17. The number of likely N-dealkylation sites (N-methyl/N-ethyl adjacent to an activating group) is 1. The van der Waals surface area contributed by atoms with Crippen molar-refractivity contribution in [2.24, 2.45) is 0 Å². The van der Waals surface area contributed by atoms with Crippen molar-refractivity contribution in [3.63, 3.8) is 0 Å². The van der Waals surface area contributed by atoms with Crippen molar-refractivity contribution in [3.8, 4) is 5.75 Å². The van der Waals surface area contributed by atoms with Crippen molar-refractivity contribution < 1.29 is 18.7 Å². The first-order valence-electron chi connectivity index (χ1n) is 6.50. The van der Waals surface area contributed by atoms with Gasteiger partial charge in [0, 0.05) is 13.1 Å². The second kappa shape index (κ2) is 5.52. The molecule has 0 aromatic heterocycles. The van der Waals surface area contributed by atoms with Crippen LogP contribution in [0.4, 0.5) is 14.9 Å². The Labute approximate surface area is 127 Å². The van der Waals surface area contributed by atoms with E-state index in [0.717, 1.165) is 11.0 Å². The van der Waals surface area contributed by atoms with Crippen molar-refractivity contribution >= 4 is 29.2 Å². The lowest BCUT2D eigenvalue weighted by Gasteiger charge is -2.18. The first kappa shape index (κ1) is 15.6. The maximum absolute atomic E-state index is 14.1. The molecule has 1 heterocycles. The second-order valence-corrected chi connectivity index (χ2v) is 5.55. The van der Waals surface area contributed by atoms with E-state index in [1.165, 1.54) is 18.0 Å². The van der Waals surface area contributed by atoms with Gasteiger partial charge >= 0.3 is 6.03 Å². The first-order chi connectivity index (χ1) is 9.73. The van der Waals surface area contributed by atoms with E-state index in [4.69, 9.17) is 16.3 Å². The molecule has 1 aliphatic rings. The fraction of sp³-hybridized carbons (Fsp3) is 0.429. The van der Waals surface area contributed by atoms with Gasteiger partial charge < -0.3 is 9.64 Å². The highest BCUT2D eigenvalue weighted by molar-refractivity contribution is 6.32. The van der Waals surface area contributed by atoms with Crippen LogP contribution in [0, 0.1) is 5.82 Å². The van der Waals surface area contributed by atoms with E-state index in [1.54, 1.807) is 20.8 Å². The number of amides is 3. The molecule has 2 rings (SSSR count). The number of carbonyl (C=O) groups excluding carboxylic acids is 2. The molecule has 0 aliphatic carbocycles. The van der Waals surface area contributed by atoms with E-state index >= 15 is 0 Å². The highest BCUT2D eigenvalue weighted by atomic mass is 35.5. The van der Waals surface area contributed by atoms with Crippen LogP contribution in [-0.2, 0) is 4.79 Å². The Morgan fingerprint density at radius 2 is 1.95 bits per heavy atom. The molecule has 114 valence electrons. The number of imide groups is 1. The molecule has 1 aromatic rings. The van der Waals surface area contributed by atoms with E-state index in [-0.39, 0.29) is 22.6 Å². The number of carbonyl (C=O) groups is 2. The van der Waals surface area contributed by atoms with Gasteiger partial charge in [-0.1, -0.05) is 11.6 Å². The lowest BCUT2D eigenvalue weighted by atomic mass is 10.2. The summed E-state index contributed by atoms with van der Waals surface area (Å²) in [5, 5.41) is 0.0884. The molecule has 0 spiro atoms. The Hall–Kier alpha value is -1.82. The summed E-state index contributed by atoms with van der Waals surface area (Å²) in [6.07, 6.45) is -0.174. The predicted molar refractivity (Wildman–Crippen MR) is 77.3 cm³/mol. The molecular weight excluding hydrogens is 299 g/mol. The van der Waals surface area contributed by atoms with Crippen molar-refractivity contribution in [2.45, 2.75) is 32.9 Å². The summed E-state index contributed by atoms with van der Waals surface area (Å²) in [7, 11) is 1.49. The van der Waals surface area contributed by atoms with Gasteiger partial charge in [-0.2, -0.15) is 0 Å². The molecule has 0 saturated carbocycles. The molecule has 0 N–H and O–H groups in total. The number of urea groups is 1. The average molecular weight is 315 g/mol. The van der Waals surface area contributed by atoms with E-state index < -0.39 is 23.8 Å². The minimum absolute atomic E-state index is 0.0884. The Balaban J connectivity index is 2.49. The van der Waals surface area contributed by atoms with Gasteiger partial charge in [0.2, 0.25) is 0 Å². The third-order valence-electron chi connectivity index (χ3n) is 3.26. The van der Waals surface area contributed by atoms with E-state index in [1.807, 2.05) is 0 Å². The molecule has 7 heteroatoms. The zero-order chi connectivity index (χ0) is 15.9. The second-order valence-electron chi connectivity index (χ2n) is 5.14. The maximum atomic E-state index is 14.1. The monoisotopic (exact) mass is 314 g/mol. The number of hydrogen-bond donors (Lipinski definition) is 0.